The minimum Gasteiger partial charge on any atom is -0.491 e. The molecule has 3 N–H and O–H groups in total. The average Bonchev–Trinajstić information content (AvgIpc) is 3.98. The summed E-state index contributed by atoms with van der Waals surface area (Å²) in [5.74, 6) is -2.07. The zero-order valence-electron chi connectivity index (χ0n) is 40.1. The minimum absolute atomic E-state index is 0.0187. The molecule has 374 valence electrons. The van der Waals surface area contributed by atoms with E-state index in [-0.39, 0.29) is 60.7 Å². The summed E-state index contributed by atoms with van der Waals surface area (Å²) in [5, 5.41) is 25.6. The molecule has 4 atom stereocenters. The summed E-state index contributed by atoms with van der Waals surface area (Å²) in [7, 11) is 0. The Kier molecular flexibility index (Phi) is 17.6. The number of aromatic nitrogens is 1. The van der Waals surface area contributed by atoms with Crippen LogP contribution in [0.4, 0.5) is 18.9 Å². The number of rotatable bonds is 20. The molecule has 6 rings (SSSR count). The van der Waals surface area contributed by atoms with Crippen LogP contribution in [0.25, 0.3) is 10.4 Å². The molecule has 19 heteroatoms. The van der Waals surface area contributed by atoms with Crippen LogP contribution in [-0.2, 0) is 41.4 Å². The second kappa shape index (κ2) is 23.0. The van der Waals surface area contributed by atoms with Gasteiger partial charge in [-0.1, -0.05) is 63.3 Å². The molecule has 0 aliphatic carbocycles. The number of hydrogen-bond acceptors (Lipinski definition) is 12. The van der Waals surface area contributed by atoms with Crippen LogP contribution in [0, 0.1) is 23.7 Å². The number of ketones is 1. The van der Waals surface area contributed by atoms with E-state index < -0.39 is 58.3 Å². The molecule has 3 aromatic carbocycles. The number of hydrogen-bond donors (Lipinski definition) is 3. The first kappa shape index (κ1) is 53.6. The van der Waals surface area contributed by atoms with Gasteiger partial charge in [0.1, 0.15) is 24.4 Å². The van der Waals surface area contributed by atoms with Gasteiger partial charge in [0, 0.05) is 51.4 Å². The lowest BCUT2D eigenvalue weighted by molar-refractivity contribution is -0.144. The summed E-state index contributed by atoms with van der Waals surface area (Å²) in [6.07, 6.45) is -4.43. The first-order valence-electron chi connectivity index (χ1n) is 23.0. The van der Waals surface area contributed by atoms with Crippen molar-refractivity contribution in [3.05, 3.63) is 100 Å². The number of carbonyl (C=O) groups excluding carboxylic acids is 4. The lowest BCUT2D eigenvalue weighted by Crippen LogP contribution is -2.57. The van der Waals surface area contributed by atoms with Crippen molar-refractivity contribution in [2.75, 3.05) is 44.5 Å². The number of aliphatic hydroxyl groups excluding tert-OH is 1. The number of thiazole rings is 1. The Morgan fingerprint density at radius 1 is 0.986 bits per heavy atom. The minimum atomic E-state index is -4.78. The lowest BCUT2D eigenvalue weighted by atomic mass is 9.85. The number of thiocarbonyl (C=S) groups is 1. The number of anilines is 1. The van der Waals surface area contributed by atoms with Crippen molar-refractivity contribution in [1.29, 1.82) is 5.26 Å². The van der Waals surface area contributed by atoms with Gasteiger partial charge in [0.05, 0.1) is 62.4 Å². The third kappa shape index (κ3) is 12.9. The summed E-state index contributed by atoms with van der Waals surface area (Å²) in [6, 6.07) is 17.6. The van der Waals surface area contributed by atoms with Crippen LogP contribution < -0.4 is 20.3 Å². The van der Waals surface area contributed by atoms with E-state index in [0.717, 1.165) is 33.8 Å². The zero-order chi connectivity index (χ0) is 51.0. The Balaban J connectivity index is 0.867. The molecule has 14 nitrogen and oxygen atoms in total. The van der Waals surface area contributed by atoms with Gasteiger partial charge in [-0.15, -0.1) is 11.3 Å². The smallest absolute Gasteiger partial charge is 0.417 e. The molecule has 70 heavy (non-hydrogen) atoms. The SMILES string of the molecule is Cc1ncsc1-c1ccc(CNC(=O)[C@@H]2C[C@@H](O)CN2C(=O)C(NC(=O)CCCOCCCOCCOc2ccc(N3C(=S)C(c4ccc(C#N)c(C(F)(F)F)c4)C(=O)C3(C)C)cc2)C(C)(C)C)cc1. The number of amides is 3. The number of nitrogens with one attached hydrogen (secondary N) is 2. The van der Waals surface area contributed by atoms with E-state index >= 15 is 0 Å². The molecule has 2 unspecified atom stereocenters. The number of β-amino-alcohol motifs (C(OH)–C–C–N with tert-alkyl or cyclic N) is 1. The van der Waals surface area contributed by atoms with Gasteiger partial charge < -0.3 is 39.8 Å². The molecule has 4 aromatic rings. The highest BCUT2D eigenvalue weighted by Gasteiger charge is 2.52. The Morgan fingerprint density at radius 2 is 1.66 bits per heavy atom. The highest BCUT2D eigenvalue weighted by atomic mass is 32.1. The number of nitriles is 1. The fourth-order valence-electron chi connectivity index (χ4n) is 8.52. The number of aliphatic hydroxyl groups is 1. The number of ether oxygens (including phenoxy) is 3. The molecule has 2 aliphatic rings. The predicted molar refractivity (Wildman–Crippen MR) is 262 cm³/mol. The van der Waals surface area contributed by atoms with Crippen molar-refractivity contribution in [2.24, 2.45) is 5.41 Å². The van der Waals surface area contributed by atoms with E-state index in [0.29, 0.717) is 50.7 Å². The van der Waals surface area contributed by atoms with Gasteiger partial charge in [-0.3, -0.25) is 19.2 Å². The molecule has 0 saturated carbocycles. The maximum Gasteiger partial charge on any atom is 0.417 e. The Morgan fingerprint density at radius 3 is 2.29 bits per heavy atom. The molecule has 2 fully saturated rings. The topological polar surface area (TPSA) is 183 Å². The largest absolute Gasteiger partial charge is 0.491 e. The summed E-state index contributed by atoms with van der Waals surface area (Å²) >= 11 is 7.25. The predicted octanol–water partition coefficient (Wildman–Crippen LogP) is 7.68. The Bertz CT molecular complexity index is 2560. The molecule has 0 bridgehead atoms. The molecule has 2 aliphatic heterocycles. The molecular formula is C51H59F3N6O8S2. The number of aryl methyl sites for hydroxylation is 1. The maximum atomic E-state index is 14.0. The van der Waals surface area contributed by atoms with Gasteiger partial charge in [0.25, 0.3) is 0 Å². The monoisotopic (exact) mass is 1000 g/mol. The van der Waals surface area contributed by atoms with E-state index in [1.807, 2.05) is 52.0 Å². The third-order valence-corrected chi connectivity index (χ3v) is 13.7. The van der Waals surface area contributed by atoms with E-state index in [4.69, 9.17) is 26.4 Å². The summed E-state index contributed by atoms with van der Waals surface area (Å²) < 4.78 is 58.4. The van der Waals surface area contributed by atoms with Gasteiger partial charge in [0.2, 0.25) is 17.7 Å². The maximum absolute atomic E-state index is 14.0. The summed E-state index contributed by atoms with van der Waals surface area (Å²) in [5.41, 5.74) is 1.82. The van der Waals surface area contributed by atoms with Crippen LogP contribution in [0.1, 0.15) is 94.2 Å². The van der Waals surface area contributed by atoms with E-state index in [9.17, 15) is 42.7 Å². The van der Waals surface area contributed by atoms with Gasteiger partial charge in [0.15, 0.2) is 5.78 Å². The summed E-state index contributed by atoms with van der Waals surface area (Å²) in [4.78, 5) is 62.6. The Hall–Kier alpha value is -5.78. The van der Waals surface area contributed by atoms with Crippen LogP contribution >= 0.6 is 23.6 Å². The van der Waals surface area contributed by atoms with Crippen LogP contribution in [0.2, 0.25) is 0 Å². The van der Waals surface area contributed by atoms with Crippen LogP contribution in [0.3, 0.4) is 0 Å². The van der Waals surface area contributed by atoms with E-state index in [2.05, 4.69) is 15.6 Å². The molecule has 1 aromatic heterocycles. The van der Waals surface area contributed by atoms with Gasteiger partial charge in [-0.05, 0) is 92.1 Å². The number of nitrogens with zero attached hydrogens (tertiary/aromatic N) is 4. The van der Waals surface area contributed by atoms with Gasteiger partial charge >= 0.3 is 6.18 Å². The van der Waals surface area contributed by atoms with Crippen LogP contribution in [-0.4, -0.2) is 107 Å². The summed E-state index contributed by atoms with van der Waals surface area (Å²) in [6.45, 7) is 12.7. The third-order valence-electron chi connectivity index (χ3n) is 12.3. The Labute approximate surface area is 415 Å². The van der Waals surface area contributed by atoms with Crippen molar-refractivity contribution >= 4 is 57.7 Å². The van der Waals surface area contributed by atoms with Crippen molar-refractivity contribution < 1.29 is 51.7 Å². The first-order chi connectivity index (χ1) is 33.1. The van der Waals surface area contributed by atoms with Gasteiger partial charge in [-0.25, -0.2) is 4.98 Å². The standard InChI is InChI=1S/C51H59F3N6O8S2/c1-31-43(70-30-57-31)33-12-10-32(11-13-33)28-56-46(64)40-26-37(61)29-59(40)47(65)44(49(2,3)4)58-41(62)9-7-20-66-21-8-22-67-23-24-68-38-18-16-36(17-19-38)60-48(69)42(45(63)50(60,5)6)34-14-15-35(27-55)39(25-34)51(52,53)54/h10-19,25,30,37,40,42,44,61H,7-9,20-24,26,28-29H2,1-6H3,(H,56,64)(H,58,62)/t37-,40+,42?,44?/m1/s1. The number of likely N-dealkylation sites (tertiary alicyclic amines) is 1. The normalized spacial score (nSPS) is 18.4. The fraction of sp³-hybridized carbons (Fsp3) is 0.471. The molecule has 0 spiro atoms. The second-order valence-corrected chi connectivity index (χ2v) is 20.2. The van der Waals surface area contributed by atoms with Crippen molar-refractivity contribution in [3.8, 4) is 22.3 Å². The van der Waals surface area contributed by atoms with Crippen LogP contribution in [0.5, 0.6) is 5.75 Å². The average molecular weight is 1010 g/mol. The van der Waals surface area contributed by atoms with E-state index in [1.165, 1.54) is 11.0 Å². The zero-order valence-corrected chi connectivity index (χ0v) is 41.7. The quantitative estimate of drug-likeness (QED) is 0.0581. The van der Waals surface area contributed by atoms with Crippen molar-refractivity contribution in [2.45, 2.75) is 110 Å². The number of benzene rings is 3. The number of Topliss-reactive ketones (excluding diaryl/α,β-unsaturated/α-hetero) is 1. The molecule has 3 heterocycles. The highest BCUT2D eigenvalue weighted by molar-refractivity contribution is 7.80. The number of alkyl halides is 3. The molecular weight excluding hydrogens is 946 g/mol. The first-order valence-corrected chi connectivity index (χ1v) is 24.3. The van der Waals surface area contributed by atoms with Crippen molar-refractivity contribution in [3.63, 3.8) is 0 Å². The fourth-order valence-corrected chi connectivity index (χ4v) is 9.91. The molecule has 0 radical (unpaired) electrons. The van der Waals surface area contributed by atoms with Crippen LogP contribution in [0.15, 0.2) is 72.2 Å². The van der Waals surface area contributed by atoms with E-state index in [1.54, 1.807) is 65.9 Å². The number of halogens is 3. The highest BCUT2D eigenvalue weighted by Crippen LogP contribution is 2.43. The lowest BCUT2D eigenvalue weighted by Gasteiger charge is -2.35. The molecule has 2 saturated heterocycles. The second-order valence-electron chi connectivity index (χ2n) is 18.9. The molecule has 3 amide bonds. The number of carbonyl (C=O) groups is 4. The van der Waals surface area contributed by atoms with Gasteiger partial charge in [-0.2, -0.15) is 18.4 Å². The van der Waals surface area contributed by atoms with Crippen molar-refractivity contribution in [1.82, 2.24) is 20.5 Å².